The van der Waals surface area contributed by atoms with Gasteiger partial charge in [-0.05, 0) is 36.2 Å². The van der Waals surface area contributed by atoms with Crippen molar-refractivity contribution in [1.82, 2.24) is 5.32 Å². The van der Waals surface area contributed by atoms with Gasteiger partial charge in [-0.2, -0.15) is 0 Å². The molecule has 1 heterocycles. The Morgan fingerprint density at radius 2 is 1.94 bits per heavy atom. The summed E-state index contributed by atoms with van der Waals surface area (Å²) < 4.78 is 5.97. The van der Waals surface area contributed by atoms with Crippen molar-refractivity contribution in [2.75, 3.05) is 18.1 Å². The van der Waals surface area contributed by atoms with Crippen LogP contribution in [0.2, 0.25) is 0 Å². The van der Waals surface area contributed by atoms with E-state index in [4.69, 9.17) is 4.74 Å². The summed E-state index contributed by atoms with van der Waals surface area (Å²) in [5, 5.41) is 14.2. The monoisotopic (exact) mass is 487 g/mol. The maximum absolute atomic E-state index is 13.0. The highest BCUT2D eigenvalue weighted by Crippen LogP contribution is 2.43. The van der Waals surface area contributed by atoms with Gasteiger partial charge >= 0.3 is 5.97 Å². The van der Waals surface area contributed by atoms with Crippen LogP contribution in [0.5, 0.6) is 0 Å². The third-order valence-electron chi connectivity index (χ3n) is 4.83. The summed E-state index contributed by atoms with van der Waals surface area (Å²) in [5.74, 6) is -1.76. The van der Waals surface area contributed by atoms with Gasteiger partial charge in [0.1, 0.15) is 5.82 Å². The topological polar surface area (TPSA) is 102 Å². The molecule has 8 nitrogen and oxygen atoms in total. The second kappa shape index (κ2) is 9.74. The first-order valence-electron chi connectivity index (χ1n) is 9.73. The number of carbonyl (C=O) groups is 2. The number of nitrogens with zero attached hydrogens (tertiary/aromatic N) is 2. The van der Waals surface area contributed by atoms with Gasteiger partial charge in [-0.25, -0.2) is 4.79 Å². The smallest absolute Gasteiger partial charge is 0.338 e. The minimum Gasteiger partial charge on any atom is -0.463 e. The first-order chi connectivity index (χ1) is 14.8. The number of ether oxygens (including phenoxy) is 1. The van der Waals surface area contributed by atoms with Gasteiger partial charge in [0.05, 0.1) is 18.1 Å². The van der Waals surface area contributed by atoms with Crippen molar-refractivity contribution >= 4 is 33.5 Å². The van der Waals surface area contributed by atoms with E-state index in [1.807, 2.05) is 42.5 Å². The minimum absolute atomic E-state index is 0.0651. The van der Waals surface area contributed by atoms with Gasteiger partial charge in [0.15, 0.2) is 0 Å². The molecule has 0 bridgehead atoms. The Labute approximate surface area is 188 Å². The Morgan fingerprint density at radius 3 is 2.55 bits per heavy atom. The zero-order valence-electron chi connectivity index (χ0n) is 17.1. The van der Waals surface area contributed by atoms with E-state index >= 15 is 0 Å². The fraction of sp³-hybridized carbons (Fsp3) is 0.273. The van der Waals surface area contributed by atoms with E-state index in [0.717, 1.165) is 10.0 Å². The lowest BCUT2D eigenvalue weighted by atomic mass is 9.85. The van der Waals surface area contributed by atoms with Crippen LogP contribution in [0.25, 0.3) is 0 Å². The molecule has 1 N–H and O–H groups in total. The number of carbonyl (C=O) groups excluding carboxylic acids is 2. The number of anilines is 1. The minimum atomic E-state index is -0.879. The Kier molecular flexibility index (Phi) is 7.06. The van der Waals surface area contributed by atoms with Crippen molar-refractivity contribution in [2.45, 2.75) is 26.3 Å². The molecule has 0 spiro atoms. The molecule has 1 unspecified atom stereocenters. The SMILES string of the molecule is CCOC(=O)C1=C(NC(C)=O)N(Cc2ccccc2)c2ccc(Br)cc2C1C[N+](=O)[O-]. The molecule has 162 valence electrons. The van der Waals surface area contributed by atoms with Gasteiger partial charge in [-0.1, -0.05) is 46.3 Å². The van der Waals surface area contributed by atoms with Gasteiger partial charge < -0.3 is 15.0 Å². The van der Waals surface area contributed by atoms with Crippen molar-refractivity contribution in [3.63, 3.8) is 0 Å². The van der Waals surface area contributed by atoms with Gasteiger partial charge in [-0.3, -0.25) is 14.9 Å². The number of fused-ring (bicyclic) bond motifs is 1. The van der Waals surface area contributed by atoms with Crippen LogP contribution in [-0.2, 0) is 20.9 Å². The number of nitro groups is 1. The average molecular weight is 488 g/mol. The number of benzene rings is 2. The quantitative estimate of drug-likeness (QED) is 0.362. The molecule has 2 aromatic rings. The molecule has 0 fully saturated rings. The molecule has 2 aromatic carbocycles. The molecular weight excluding hydrogens is 466 g/mol. The zero-order chi connectivity index (χ0) is 22.5. The Bertz CT molecular complexity index is 1040. The summed E-state index contributed by atoms with van der Waals surface area (Å²) >= 11 is 3.42. The van der Waals surface area contributed by atoms with Crippen LogP contribution in [0.4, 0.5) is 5.69 Å². The molecule has 31 heavy (non-hydrogen) atoms. The van der Waals surface area contributed by atoms with Gasteiger partial charge in [0.2, 0.25) is 12.5 Å². The van der Waals surface area contributed by atoms with Crippen molar-refractivity contribution in [3.05, 3.63) is 85.6 Å². The Hall–Kier alpha value is -3.20. The standard InChI is InChI=1S/C22H22BrN3O5/c1-3-31-22(28)20-18(13-26(29)30)17-11-16(23)9-10-19(17)25(21(20)24-14(2)27)12-15-7-5-4-6-8-15/h4-11,18H,3,12-13H2,1-2H3,(H,24,27). The number of esters is 1. The van der Waals surface area contributed by atoms with Crippen LogP contribution in [-0.4, -0.2) is 30.0 Å². The van der Waals surface area contributed by atoms with Crippen LogP contribution in [0, 0.1) is 10.1 Å². The number of nitrogens with one attached hydrogen (secondary N) is 1. The van der Waals surface area contributed by atoms with E-state index in [9.17, 15) is 19.7 Å². The molecule has 0 aromatic heterocycles. The van der Waals surface area contributed by atoms with Gasteiger partial charge in [0.25, 0.3) is 0 Å². The molecule has 3 rings (SSSR count). The lowest BCUT2D eigenvalue weighted by Gasteiger charge is -2.37. The molecule has 1 amide bonds. The number of hydrogen-bond donors (Lipinski definition) is 1. The highest BCUT2D eigenvalue weighted by molar-refractivity contribution is 9.10. The molecule has 0 radical (unpaired) electrons. The number of amides is 1. The normalized spacial score (nSPS) is 15.3. The van der Waals surface area contributed by atoms with Crippen LogP contribution < -0.4 is 10.2 Å². The maximum Gasteiger partial charge on any atom is 0.338 e. The van der Waals surface area contributed by atoms with Gasteiger partial charge in [-0.15, -0.1) is 0 Å². The maximum atomic E-state index is 13.0. The first-order valence-corrected chi connectivity index (χ1v) is 10.5. The van der Waals surface area contributed by atoms with E-state index in [1.165, 1.54) is 6.92 Å². The van der Waals surface area contributed by atoms with Crippen LogP contribution >= 0.6 is 15.9 Å². The van der Waals surface area contributed by atoms with Crippen LogP contribution in [0.15, 0.2) is 64.4 Å². The number of halogens is 1. The molecule has 1 aliphatic rings. The summed E-state index contributed by atoms with van der Waals surface area (Å²) in [6.45, 7) is 2.92. The van der Waals surface area contributed by atoms with Crippen molar-refractivity contribution in [2.24, 2.45) is 0 Å². The first kappa shape index (κ1) is 22.5. The van der Waals surface area contributed by atoms with E-state index in [-0.39, 0.29) is 18.0 Å². The second-order valence-electron chi connectivity index (χ2n) is 7.01. The predicted molar refractivity (Wildman–Crippen MR) is 119 cm³/mol. The van der Waals surface area contributed by atoms with E-state index < -0.39 is 29.3 Å². The Morgan fingerprint density at radius 1 is 1.23 bits per heavy atom. The molecule has 0 saturated carbocycles. The molecule has 1 atom stereocenters. The highest BCUT2D eigenvalue weighted by atomic mass is 79.9. The van der Waals surface area contributed by atoms with E-state index in [0.29, 0.717) is 17.8 Å². The average Bonchev–Trinajstić information content (AvgIpc) is 2.71. The van der Waals surface area contributed by atoms with E-state index in [1.54, 1.807) is 17.9 Å². The predicted octanol–water partition coefficient (Wildman–Crippen LogP) is 3.74. The third kappa shape index (κ3) is 5.11. The second-order valence-corrected chi connectivity index (χ2v) is 7.92. The van der Waals surface area contributed by atoms with E-state index in [2.05, 4.69) is 21.2 Å². The van der Waals surface area contributed by atoms with Crippen LogP contribution in [0.1, 0.15) is 30.9 Å². The number of rotatable bonds is 7. The summed E-state index contributed by atoms with van der Waals surface area (Å²) in [5.41, 5.74) is 2.29. The zero-order valence-corrected chi connectivity index (χ0v) is 18.7. The number of hydrogen-bond acceptors (Lipinski definition) is 6. The van der Waals surface area contributed by atoms with Crippen molar-refractivity contribution in [3.8, 4) is 0 Å². The summed E-state index contributed by atoms with van der Waals surface area (Å²) in [6, 6.07) is 14.9. The molecule has 0 saturated heterocycles. The van der Waals surface area contributed by atoms with Crippen molar-refractivity contribution < 1.29 is 19.2 Å². The fourth-order valence-electron chi connectivity index (χ4n) is 3.65. The summed E-state index contributed by atoms with van der Waals surface area (Å²) in [7, 11) is 0. The summed E-state index contributed by atoms with van der Waals surface area (Å²) in [4.78, 5) is 37.9. The van der Waals surface area contributed by atoms with Crippen LogP contribution in [0.3, 0.4) is 0 Å². The summed E-state index contributed by atoms with van der Waals surface area (Å²) in [6.07, 6.45) is 0. The lowest BCUT2D eigenvalue weighted by Crippen LogP contribution is -2.42. The molecule has 0 aliphatic carbocycles. The lowest BCUT2D eigenvalue weighted by molar-refractivity contribution is -0.482. The fourth-order valence-corrected chi connectivity index (χ4v) is 4.03. The van der Waals surface area contributed by atoms with Crippen molar-refractivity contribution in [1.29, 1.82) is 0 Å². The largest absolute Gasteiger partial charge is 0.463 e. The molecular formula is C22H22BrN3O5. The highest BCUT2D eigenvalue weighted by Gasteiger charge is 2.40. The molecule has 9 heteroatoms. The Balaban J connectivity index is 2.27. The molecule has 1 aliphatic heterocycles. The third-order valence-corrected chi connectivity index (χ3v) is 5.33. The van der Waals surface area contributed by atoms with Gasteiger partial charge in [0, 0.05) is 28.6 Å².